The van der Waals surface area contributed by atoms with Gasteiger partial charge in [-0.3, -0.25) is 9.59 Å². The van der Waals surface area contributed by atoms with Crippen LogP contribution in [0, 0.1) is 0 Å². The van der Waals surface area contributed by atoms with E-state index in [9.17, 15) is 14.4 Å². The van der Waals surface area contributed by atoms with Crippen molar-refractivity contribution in [2.45, 2.75) is 25.5 Å². The summed E-state index contributed by atoms with van der Waals surface area (Å²) < 4.78 is 5.28. The second kappa shape index (κ2) is 7.61. The van der Waals surface area contributed by atoms with Crippen LogP contribution in [-0.4, -0.2) is 23.8 Å². The lowest BCUT2D eigenvalue weighted by Gasteiger charge is -2.12. The molecule has 3 rings (SSSR count). The molecule has 0 bridgehead atoms. The normalized spacial score (nSPS) is 16.2. The standard InChI is InChI=1S/C19H18N2O4/c22-17-10-9-16(21-17)18(23)20-15-8-4-7-14(11-15)19(24)25-12-13-5-2-1-3-6-13/h1-8,11,16H,9-10,12H2,(H,20,23)(H,21,22)/t16-/m0/s1. The number of esters is 1. The van der Waals surface area contributed by atoms with Gasteiger partial charge in [0.25, 0.3) is 0 Å². The number of hydrogen-bond donors (Lipinski definition) is 2. The van der Waals surface area contributed by atoms with Gasteiger partial charge in [-0.15, -0.1) is 0 Å². The monoisotopic (exact) mass is 338 g/mol. The maximum atomic E-state index is 12.2. The molecule has 6 nitrogen and oxygen atoms in total. The van der Waals surface area contributed by atoms with Crippen molar-refractivity contribution in [2.75, 3.05) is 5.32 Å². The van der Waals surface area contributed by atoms with Crippen molar-refractivity contribution in [3.05, 3.63) is 65.7 Å². The molecule has 0 radical (unpaired) electrons. The third kappa shape index (κ3) is 4.44. The van der Waals surface area contributed by atoms with Crippen LogP contribution >= 0.6 is 0 Å². The van der Waals surface area contributed by atoms with Crippen LogP contribution in [0.25, 0.3) is 0 Å². The molecule has 1 heterocycles. The Kier molecular flexibility index (Phi) is 5.09. The molecule has 25 heavy (non-hydrogen) atoms. The lowest BCUT2D eigenvalue weighted by molar-refractivity contribution is -0.122. The quantitative estimate of drug-likeness (QED) is 0.819. The summed E-state index contributed by atoms with van der Waals surface area (Å²) in [6.07, 6.45) is 0.827. The predicted molar refractivity (Wildman–Crippen MR) is 91.8 cm³/mol. The molecule has 2 amide bonds. The number of amides is 2. The summed E-state index contributed by atoms with van der Waals surface area (Å²) in [5.41, 5.74) is 1.74. The molecule has 2 N–H and O–H groups in total. The van der Waals surface area contributed by atoms with Crippen molar-refractivity contribution in [3.8, 4) is 0 Å². The molecule has 0 saturated carbocycles. The summed E-state index contributed by atoms with van der Waals surface area (Å²) in [7, 11) is 0. The molecule has 2 aromatic rings. The number of benzene rings is 2. The molecule has 1 aliphatic rings. The fraction of sp³-hybridized carbons (Fsp3) is 0.211. The van der Waals surface area contributed by atoms with Gasteiger partial charge in [-0.1, -0.05) is 36.4 Å². The first-order valence-corrected chi connectivity index (χ1v) is 8.03. The van der Waals surface area contributed by atoms with Gasteiger partial charge >= 0.3 is 5.97 Å². The topological polar surface area (TPSA) is 84.5 Å². The van der Waals surface area contributed by atoms with Gasteiger partial charge in [-0.2, -0.15) is 0 Å². The molecular weight excluding hydrogens is 320 g/mol. The number of carbonyl (C=O) groups excluding carboxylic acids is 3. The van der Waals surface area contributed by atoms with Gasteiger partial charge in [-0.25, -0.2) is 4.79 Å². The summed E-state index contributed by atoms with van der Waals surface area (Å²) in [4.78, 5) is 35.5. The Morgan fingerprint density at radius 2 is 1.92 bits per heavy atom. The average molecular weight is 338 g/mol. The molecule has 1 fully saturated rings. The van der Waals surface area contributed by atoms with Crippen molar-refractivity contribution in [1.82, 2.24) is 5.32 Å². The van der Waals surface area contributed by atoms with Crippen molar-refractivity contribution in [2.24, 2.45) is 0 Å². The van der Waals surface area contributed by atoms with Crippen LogP contribution in [0.4, 0.5) is 5.69 Å². The highest BCUT2D eigenvalue weighted by molar-refractivity contribution is 6.00. The molecule has 0 aliphatic carbocycles. The zero-order valence-electron chi connectivity index (χ0n) is 13.5. The Labute approximate surface area is 145 Å². The molecule has 128 valence electrons. The SMILES string of the molecule is O=C1CC[C@@H](C(=O)Nc2cccc(C(=O)OCc3ccccc3)c2)N1. The zero-order valence-corrected chi connectivity index (χ0v) is 13.5. The highest BCUT2D eigenvalue weighted by atomic mass is 16.5. The number of ether oxygens (including phenoxy) is 1. The summed E-state index contributed by atoms with van der Waals surface area (Å²) in [5, 5.41) is 5.32. The first-order valence-electron chi connectivity index (χ1n) is 8.03. The van der Waals surface area contributed by atoms with Crippen LogP contribution < -0.4 is 10.6 Å². The summed E-state index contributed by atoms with van der Waals surface area (Å²) in [5.74, 6) is -0.881. The van der Waals surface area contributed by atoms with Crippen LogP contribution in [-0.2, 0) is 20.9 Å². The molecule has 0 spiro atoms. The van der Waals surface area contributed by atoms with E-state index in [-0.39, 0.29) is 18.4 Å². The second-order valence-corrected chi connectivity index (χ2v) is 5.79. The minimum atomic E-state index is -0.527. The van der Waals surface area contributed by atoms with E-state index in [0.29, 0.717) is 24.1 Å². The van der Waals surface area contributed by atoms with E-state index >= 15 is 0 Å². The summed E-state index contributed by atoms with van der Waals surface area (Å²) in [6, 6.07) is 15.4. The second-order valence-electron chi connectivity index (χ2n) is 5.79. The summed E-state index contributed by atoms with van der Waals surface area (Å²) >= 11 is 0. The number of nitrogens with one attached hydrogen (secondary N) is 2. The zero-order chi connectivity index (χ0) is 17.6. The van der Waals surface area contributed by atoms with Crippen LogP contribution in [0.15, 0.2) is 54.6 Å². The molecule has 1 atom stereocenters. The number of rotatable bonds is 5. The van der Waals surface area contributed by atoms with Gasteiger partial charge in [0.2, 0.25) is 11.8 Å². The molecule has 2 aromatic carbocycles. The van der Waals surface area contributed by atoms with E-state index in [0.717, 1.165) is 5.56 Å². The van der Waals surface area contributed by atoms with Crippen LogP contribution in [0.1, 0.15) is 28.8 Å². The van der Waals surface area contributed by atoms with Crippen molar-refractivity contribution in [1.29, 1.82) is 0 Å². The third-order valence-corrected chi connectivity index (χ3v) is 3.89. The van der Waals surface area contributed by atoms with Gasteiger partial charge in [0.05, 0.1) is 5.56 Å². The fourth-order valence-corrected chi connectivity index (χ4v) is 2.57. The van der Waals surface area contributed by atoms with Crippen molar-refractivity contribution >= 4 is 23.5 Å². The summed E-state index contributed by atoms with van der Waals surface area (Å²) in [6.45, 7) is 0.185. The minimum Gasteiger partial charge on any atom is -0.457 e. The van der Waals surface area contributed by atoms with Crippen molar-refractivity contribution in [3.63, 3.8) is 0 Å². The van der Waals surface area contributed by atoms with Gasteiger partial charge in [0.1, 0.15) is 12.6 Å². The van der Waals surface area contributed by atoms with E-state index in [1.54, 1.807) is 24.3 Å². The Hall–Kier alpha value is -3.15. The Balaban J connectivity index is 1.59. The first-order chi connectivity index (χ1) is 12.1. The predicted octanol–water partition coefficient (Wildman–Crippen LogP) is 2.26. The van der Waals surface area contributed by atoms with E-state index < -0.39 is 12.0 Å². The van der Waals surface area contributed by atoms with Gasteiger partial charge in [-0.05, 0) is 30.2 Å². The highest BCUT2D eigenvalue weighted by Gasteiger charge is 2.27. The van der Waals surface area contributed by atoms with Gasteiger partial charge in [0.15, 0.2) is 0 Å². The van der Waals surface area contributed by atoms with Crippen LogP contribution in [0.3, 0.4) is 0 Å². The molecule has 6 heteroatoms. The van der Waals surface area contributed by atoms with Crippen molar-refractivity contribution < 1.29 is 19.1 Å². The molecular formula is C19H18N2O4. The average Bonchev–Trinajstić information content (AvgIpc) is 3.07. The van der Waals surface area contributed by atoms with Crippen LogP contribution in [0.2, 0.25) is 0 Å². The largest absolute Gasteiger partial charge is 0.457 e. The minimum absolute atomic E-state index is 0.126. The third-order valence-electron chi connectivity index (χ3n) is 3.89. The number of hydrogen-bond acceptors (Lipinski definition) is 4. The number of carbonyl (C=O) groups is 3. The molecule has 0 unspecified atom stereocenters. The van der Waals surface area contributed by atoms with E-state index in [2.05, 4.69) is 10.6 Å². The lowest BCUT2D eigenvalue weighted by atomic mass is 10.1. The maximum absolute atomic E-state index is 12.2. The Morgan fingerprint density at radius 3 is 2.64 bits per heavy atom. The smallest absolute Gasteiger partial charge is 0.338 e. The first kappa shape index (κ1) is 16.7. The Morgan fingerprint density at radius 1 is 1.12 bits per heavy atom. The highest BCUT2D eigenvalue weighted by Crippen LogP contribution is 2.15. The molecule has 0 aromatic heterocycles. The van der Waals surface area contributed by atoms with E-state index in [1.807, 2.05) is 30.3 Å². The molecule has 1 aliphatic heterocycles. The van der Waals surface area contributed by atoms with E-state index in [1.165, 1.54) is 0 Å². The Bertz CT molecular complexity index is 789. The van der Waals surface area contributed by atoms with Gasteiger partial charge in [0, 0.05) is 12.1 Å². The fourth-order valence-electron chi connectivity index (χ4n) is 2.57. The molecule has 1 saturated heterocycles. The van der Waals surface area contributed by atoms with Gasteiger partial charge < -0.3 is 15.4 Å². The van der Waals surface area contributed by atoms with E-state index in [4.69, 9.17) is 4.74 Å². The number of anilines is 1. The lowest BCUT2D eigenvalue weighted by Crippen LogP contribution is -2.37. The van der Waals surface area contributed by atoms with Crippen LogP contribution in [0.5, 0.6) is 0 Å². The maximum Gasteiger partial charge on any atom is 0.338 e.